The molecule has 1 aromatic heterocycles. The average Bonchev–Trinajstić information content (AvgIpc) is 2.42. The van der Waals surface area contributed by atoms with E-state index in [4.69, 9.17) is 4.74 Å². The summed E-state index contributed by atoms with van der Waals surface area (Å²) < 4.78 is 5.97. The van der Waals surface area contributed by atoms with Gasteiger partial charge in [-0.2, -0.15) is 0 Å². The first-order chi connectivity index (χ1) is 8.79. The Morgan fingerprint density at radius 1 is 1.17 bits per heavy atom. The van der Waals surface area contributed by atoms with Crippen LogP contribution in [0.3, 0.4) is 0 Å². The number of nitrogens with zero attached hydrogens (tertiary/aromatic N) is 1. The fourth-order valence-corrected chi connectivity index (χ4v) is 1.77. The first-order valence-electron chi connectivity index (χ1n) is 6.08. The molecule has 0 amide bonds. The first kappa shape index (κ1) is 12.6. The number of hydrogen-bond donors (Lipinski definition) is 1. The van der Waals surface area contributed by atoms with Gasteiger partial charge in [0.25, 0.3) is 0 Å². The summed E-state index contributed by atoms with van der Waals surface area (Å²) in [4.78, 5) is 4.24. The Morgan fingerprint density at radius 3 is 2.56 bits per heavy atom. The van der Waals surface area contributed by atoms with Crippen LogP contribution in [0.25, 0.3) is 0 Å². The van der Waals surface area contributed by atoms with Gasteiger partial charge in [-0.05, 0) is 31.7 Å². The Labute approximate surface area is 108 Å². The number of rotatable bonds is 5. The second kappa shape index (κ2) is 6.17. The number of likely N-dealkylation sites (N-methyl/N-ethyl adjacent to an activating group) is 1. The van der Waals surface area contributed by atoms with Crippen molar-refractivity contribution >= 4 is 0 Å². The molecule has 0 fully saturated rings. The van der Waals surface area contributed by atoms with Crippen molar-refractivity contribution in [3.05, 3.63) is 59.9 Å². The zero-order valence-corrected chi connectivity index (χ0v) is 10.8. The van der Waals surface area contributed by atoms with Gasteiger partial charge in [0.05, 0.1) is 6.20 Å². The van der Waals surface area contributed by atoms with Gasteiger partial charge in [0.2, 0.25) is 0 Å². The van der Waals surface area contributed by atoms with Crippen LogP contribution in [0.1, 0.15) is 17.4 Å². The molecule has 0 spiro atoms. The Kier molecular flexibility index (Phi) is 4.31. The fourth-order valence-electron chi connectivity index (χ4n) is 1.77. The molecular formula is C15H18N2O. The van der Waals surface area contributed by atoms with E-state index < -0.39 is 0 Å². The summed E-state index contributed by atoms with van der Waals surface area (Å²) in [5.74, 6) is 0.796. The molecule has 0 aliphatic carbocycles. The Hall–Kier alpha value is -1.87. The summed E-state index contributed by atoms with van der Waals surface area (Å²) in [6, 6.07) is 14.1. The van der Waals surface area contributed by atoms with E-state index in [2.05, 4.69) is 22.4 Å². The topological polar surface area (TPSA) is 34.1 Å². The van der Waals surface area contributed by atoms with E-state index in [-0.39, 0.29) is 6.10 Å². The summed E-state index contributed by atoms with van der Waals surface area (Å²) in [6.45, 7) is 2.73. The van der Waals surface area contributed by atoms with Crippen LogP contribution in [-0.4, -0.2) is 18.6 Å². The second-order valence-electron chi connectivity index (χ2n) is 4.21. The van der Waals surface area contributed by atoms with Gasteiger partial charge in [-0.3, -0.25) is 4.98 Å². The Balaban J connectivity index is 2.14. The third-order valence-corrected chi connectivity index (χ3v) is 2.72. The molecule has 0 bridgehead atoms. The third kappa shape index (κ3) is 3.31. The molecule has 2 rings (SSSR count). The lowest BCUT2D eigenvalue weighted by Crippen LogP contribution is -2.21. The molecule has 18 heavy (non-hydrogen) atoms. The molecule has 1 N–H and O–H groups in total. The predicted molar refractivity (Wildman–Crippen MR) is 72.7 cm³/mol. The minimum atomic E-state index is 0.000654. The molecule has 0 radical (unpaired) electrons. The second-order valence-corrected chi connectivity index (χ2v) is 4.21. The standard InChI is InChI=1S/C15H18N2O/c1-12-8-9-14(10-17-12)18-15(11-16-2)13-6-4-3-5-7-13/h3-10,15-16H,11H2,1-2H3. The van der Waals surface area contributed by atoms with Crippen LogP contribution in [0.4, 0.5) is 0 Å². The molecule has 1 heterocycles. The molecule has 0 saturated heterocycles. The average molecular weight is 242 g/mol. The predicted octanol–water partition coefficient (Wildman–Crippen LogP) is 2.73. The molecule has 94 valence electrons. The molecular weight excluding hydrogens is 224 g/mol. The van der Waals surface area contributed by atoms with Crippen LogP contribution < -0.4 is 10.1 Å². The molecule has 0 aliphatic rings. The number of benzene rings is 1. The maximum absolute atomic E-state index is 5.97. The highest BCUT2D eigenvalue weighted by molar-refractivity contribution is 5.23. The maximum Gasteiger partial charge on any atom is 0.138 e. The van der Waals surface area contributed by atoms with Gasteiger partial charge in [-0.25, -0.2) is 0 Å². The highest BCUT2D eigenvalue weighted by Gasteiger charge is 2.12. The molecule has 2 aromatic rings. The van der Waals surface area contributed by atoms with Crippen molar-refractivity contribution in [1.29, 1.82) is 0 Å². The highest BCUT2D eigenvalue weighted by Crippen LogP contribution is 2.20. The van der Waals surface area contributed by atoms with Crippen molar-refractivity contribution in [1.82, 2.24) is 10.3 Å². The van der Waals surface area contributed by atoms with E-state index in [1.807, 2.05) is 44.3 Å². The van der Waals surface area contributed by atoms with Gasteiger partial charge in [0, 0.05) is 12.2 Å². The van der Waals surface area contributed by atoms with Crippen molar-refractivity contribution in [2.75, 3.05) is 13.6 Å². The zero-order chi connectivity index (χ0) is 12.8. The minimum Gasteiger partial charge on any atom is -0.483 e. The van der Waals surface area contributed by atoms with Crippen LogP contribution in [0, 0.1) is 6.92 Å². The quantitative estimate of drug-likeness (QED) is 0.875. The van der Waals surface area contributed by atoms with Gasteiger partial charge in [0.15, 0.2) is 0 Å². The summed E-state index contributed by atoms with van der Waals surface area (Å²) in [6.07, 6.45) is 1.77. The summed E-state index contributed by atoms with van der Waals surface area (Å²) in [5, 5.41) is 3.15. The smallest absolute Gasteiger partial charge is 0.138 e. The van der Waals surface area contributed by atoms with Crippen molar-refractivity contribution in [3.8, 4) is 5.75 Å². The highest BCUT2D eigenvalue weighted by atomic mass is 16.5. The molecule has 1 aromatic carbocycles. The van der Waals surface area contributed by atoms with Crippen LogP contribution in [0.15, 0.2) is 48.7 Å². The monoisotopic (exact) mass is 242 g/mol. The largest absolute Gasteiger partial charge is 0.483 e. The Morgan fingerprint density at radius 2 is 1.94 bits per heavy atom. The molecule has 3 heteroatoms. The van der Waals surface area contributed by atoms with Crippen LogP contribution >= 0.6 is 0 Å². The van der Waals surface area contributed by atoms with Crippen molar-refractivity contribution in [2.45, 2.75) is 13.0 Å². The van der Waals surface area contributed by atoms with E-state index in [0.717, 1.165) is 23.6 Å². The van der Waals surface area contributed by atoms with Crippen LogP contribution in [0.5, 0.6) is 5.75 Å². The SMILES string of the molecule is CNCC(Oc1ccc(C)nc1)c1ccccc1. The number of nitrogens with one attached hydrogen (secondary N) is 1. The lowest BCUT2D eigenvalue weighted by molar-refractivity contribution is 0.204. The zero-order valence-electron chi connectivity index (χ0n) is 10.8. The number of ether oxygens (including phenoxy) is 1. The van der Waals surface area contributed by atoms with Crippen LogP contribution in [-0.2, 0) is 0 Å². The number of aryl methyl sites for hydroxylation is 1. The van der Waals surface area contributed by atoms with Crippen LogP contribution in [0.2, 0.25) is 0 Å². The minimum absolute atomic E-state index is 0.000654. The molecule has 3 nitrogen and oxygen atoms in total. The van der Waals surface area contributed by atoms with Crippen molar-refractivity contribution in [2.24, 2.45) is 0 Å². The van der Waals surface area contributed by atoms with Gasteiger partial charge in [0.1, 0.15) is 11.9 Å². The first-order valence-corrected chi connectivity index (χ1v) is 6.08. The molecule has 0 saturated carbocycles. The van der Waals surface area contributed by atoms with Crippen molar-refractivity contribution < 1.29 is 4.74 Å². The van der Waals surface area contributed by atoms with Crippen molar-refractivity contribution in [3.63, 3.8) is 0 Å². The molecule has 0 aliphatic heterocycles. The lowest BCUT2D eigenvalue weighted by Gasteiger charge is -2.19. The van der Waals surface area contributed by atoms with Gasteiger partial charge in [-0.15, -0.1) is 0 Å². The molecule has 1 atom stereocenters. The maximum atomic E-state index is 5.97. The number of hydrogen-bond acceptors (Lipinski definition) is 3. The summed E-state index contributed by atoms with van der Waals surface area (Å²) in [7, 11) is 1.92. The molecule has 1 unspecified atom stereocenters. The van der Waals surface area contributed by atoms with E-state index in [9.17, 15) is 0 Å². The Bertz CT molecular complexity index is 468. The van der Waals surface area contributed by atoms with Gasteiger partial charge >= 0.3 is 0 Å². The number of aromatic nitrogens is 1. The number of pyridine rings is 1. The lowest BCUT2D eigenvalue weighted by atomic mass is 10.1. The third-order valence-electron chi connectivity index (χ3n) is 2.72. The fraction of sp³-hybridized carbons (Fsp3) is 0.267. The van der Waals surface area contributed by atoms with Gasteiger partial charge in [-0.1, -0.05) is 30.3 Å². The summed E-state index contributed by atoms with van der Waals surface area (Å²) in [5.41, 5.74) is 2.15. The van der Waals surface area contributed by atoms with E-state index in [0.29, 0.717) is 0 Å². The van der Waals surface area contributed by atoms with E-state index in [1.165, 1.54) is 0 Å². The van der Waals surface area contributed by atoms with E-state index >= 15 is 0 Å². The normalized spacial score (nSPS) is 12.1. The van der Waals surface area contributed by atoms with E-state index in [1.54, 1.807) is 6.20 Å². The summed E-state index contributed by atoms with van der Waals surface area (Å²) >= 11 is 0. The van der Waals surface area contributed by atoms with Gasteiger partial charge < -0.3 is 10.1 Å².